The molecule has 0 aliphatic carbocycles. The zero-order valence-corrected chi connectivity index (χ0v) is 21.0. The van der Waals surface area contributed by atoms with Crippen LogP contribution in [0.25, 0.3) is 0 Å². The quantitative estimate of drug-likeness (QED) is 0.271. The molecule has 0 aliphatic rings. The molecule has 0 aromatic heterocycles. The monoisotopic (exact) mass is 710 g/mol. The standard InChI is InChI=1S/C2H6O.3O5P2.U/c1-2-3;3*1-6(2)5-7(3)4;/h3H,2H2,1H3;;;;. The summed E-state index contributed by atoms with van der Waals surface area (Å²) in [5.74, 6) is 0. The number of rotatable bonds is 6. The van der Waals surface area contributed by atoms with Gasteiger partial charge in [-0.15, -0.1) is 0 Å². The fourth-order valence-electron chi connectivity index (χ4n) is 0.163. The summed E-state index contributed by atoms with van der Waals surface area (Å²) < 4.78 is 64.9. The van der Waals surface area contributed by atoms with Gasteiger partial charge in [-0.1, -0.05) is 0 Å². The molecule has 0 aromatic rings. The van der Waals surface area contributed by atoms with E-state index in [-0.39, 0.29) is 37.7 Å². The molecular weight excluding hydrogens is 704 g/mol. The van der Waals surface area contributed by atoms with E-state index in [2.05, 4.69) is 12.9 Å². The van der Waals surface area contributed by atoms with Gasteiger partial charge in [-0.2, -0.15) is 0 Å². The Morgan fingerprint density at radius 2 is 0.680 bits per heavy atom. The average Bonchev–Trinajstić information content (AvgIpc) is 2.24. The Morgan fingerprint density at radius 1 is 0.600 bits per heavy atom. The third-order valence-corrected chi connectivity index (χ3v) is 3.60. The molecule has 144 valence electrons. The van der Waals surface area contributed by atoms with Crippen molar-refractivity contribution < 1.29 is 106 Å². The minimum absolute atomic E-state index is 0. The second-order valence-electron chi connectivity index (χ2n) is 1.90. The summed E-state index contributed by atoms with van der Waals surface area (Å²) in [6.45, 7) is 1.93. The van der Waals surface area contributed by atoms with E-state index in [1.165, 1.54) is 0 Å². The maximum Gasteiger partial charge on any atom is 0.543 e. The SMILES string of the molecule is CCO.O=[P+]([O-])O[P+](=O)[O-].O=[P+]([O-])O[P+](=O)[O-].O=[P+]([O-])O[P+](=O)[O-].[U]. The Balaban J connectivity index is -0.0000000727. The Labute approximate surface area is 168 Å². The van der Waals surface area contributed by atoms with Gasteiger partial charge >= 0.3 is 49.5 Å². The molecular formula is C2H6O16P6U. The molecule has 0 fully saturated rings. The van der Waals surface area contributed by atoms with Gasteiger partial charge in [0, 0.05) is 37.7 Å². The molecule has 25 heavy (non-hydrogen) atoms. The van der Waals surface area contributed by atoms with Crippen molar-refractivity contribution in [2.45, 2.75) is 6.92 Å². The molecule has 23 heteroatoms. The first-order valence-corrected chi connectivity index (χ1v) is 10.9. The van der Waals surface area contributed by atoms with Gasteiger partial charge in [0.05, 0.1) is 0 Å². The van der Waals surface area contributed by atoms with Crippen molar-refractivity contribution in [1.29, 1.82) is 0 Å². The van der Waals surface area contributed by atoms with Crippen LogP contribution in [0.1, 0.15) is 6.92 Å². The van der Waals surface area contributed by atoms with E-state index in [1.807, 2.05) is 0 Å². The number of hydrogen-bond donors (Lipinski definition) is 1. The van der Waals surface area contributed by atoms with E-state index in [1.54, 1.807) is 6.92 Å². The van der Waals surface area contributed by atoms with Crippen LogP contribution in [0.3, 0.4) is 0 Å². The molecule has 0 heterocycles. The predicted molar refractivity (Wildman–Crippen MR) is 61.7 cm³/mol. The first-order valence-electron chi connectivity index (χ1n) is 4.31. The largest absolute Gasteiger partial charge is 0.563 e. The van der Waals surface area contributed by atoms with Crippen molar-refractivity contribution in [2.75, 3.05) is 6.61 Å². The Kier molecular flexibility index (Phi) is 40.7. The fraction of sp³-hybridized carbons (Fsp3) is 1.00. The molecule has 1 N–H and O–H groups in total. The van der Waals surface area contributed by atoms with Crippen LogP contribution in [0.5, 0.6) is 0 Å². The number of aliphatic hydroxyl groups excluding tert-OH is 1. The Hall–Kier alpha value is 1.25. The second-order valence-corrected chi connectivity index (χ2v) is 6.55. The van der Waals surface area contributed by atoms with Gasteiger partial charge in [-0.3, -0.25) is 0 Å². The van der Waals surface area contributed by atoms with Gasteiger partial charge in [-0.05, 0) is 34.3 Å². The van der Waals surface area contributed by atoms with Crippen LogP contribution in [0.15, 0.2) is 0 Å². The van der Waals surface area contributed by atoms with Gasteiger partial charge in [0.15, 0.2) is 0 Å². The van der Waals surface area contributed by atoms with Crippen molar-refractivity contribution in [3.63, 3.8) is 0 Å². The van der Waals surface area contributed by atoms with E-state index < -0.39 is 49.5 Å². The first kappa shape index (κ1) is 37.1. The fourth-order valence-corrected chi connectivity index (χ4v) is 1.47. The molecule has 0 spiro atoms. The normalized spacial score (nSPS) is 12.0. The van der Waals surface area contributed by atoms with Crippen LogP contribution in [-0.2, 0) is 40.3 Å². The van der Waals surface area contributed by atoms with Crippen molar-refractivity contribution in [2.24, 2.45) is 0 Å². The van der Waals surface area contributed by atoms with E-state index in [9.17, 15) is 56.8 Å². The summed E-state index contributed by atoms with van der Waals surface area (Å²) in [6, 6.07) is 0. The predicted octanol–water partition coefficient (Wildman–Crippen LogP) is -2.89. The number of aliphatic hydroxyl groups is 1. The smallest absolute Gasteiger partial charge is 0.543 e. The van der Waals surface area contributed by atoms with Gasteiger partial charge in [0.1, 0.15) is 12.9 Å². The van der Waals surface area contributed by atoms with Gasteiger partial charge in [-0.25, -0.2) is 0 Å². The summed E-state index contributed by atoms with van der Waals surface area (Å²) in [5, 5.41) is 7.57. The summed E-state index contributed by atoms with van der Waals surface area (Å²) in [7, 11) is -19.4. The number of hydrogen-bond acceptors (Lipinski definition) is 16. The summed E-state index contributed by atoms with van der Waals surface area (Å²) in [6.07, 6.45) is 0. The third-order valence-electron chi connectivity index (χ3n) is 0.400. The zero-order chi connectivity index (χ0) is 20.3. The van der Waals surface area contributed by atoms with Gasteiger partial charge < -0.3 is 34.5 Å². The van der Waals surface area contributed by atoms with Crippen LogP contribution in [-0.4, -0.2) is 11.7 Å². The van der Waals surface area contributed by atoms with E-state index in [0.717, 1.165) is 0 Å². The second kappa shape index (κ2) is 27.5. The average molecular weight is 710 g/mol. The topological polar surface area (TPSA) is 289 Å². The molecule has 0 saturated heterocycles. The van der Waals surface area contributed by atoms with E-state index >= 15 is 0 Å². The van der Waals surface area contributed by atoms with Crippen molar-refractivity contribution in [3.8, 4) is 0 Å². The molecule has 6 atom stereocenters. The summed E-state index contributed by atoms with van der Waals surface area (Å²) in [5.41, 5.74) is 0. The van der Waals surface area contributed by atoms with Crippen LogP contribution in [0, 0.1) is 31.1 Å². The van der Waals surface area contributed by atoms with Crippen molar-refractivity contribution in [3.05, 3.63) is 0 Å². The summed E-state index contributed by atoms with van der Waals surface area (Å²) >= 11 is 0. The van der Waals surface area contributed by atoms with E-state index in [0.29, 0.717) is 0 Å². The minimum Gasteiger partial charge on any atom is -0.563 e. The molecule has 0 aliphatic heterocycles. The molecule has 0 amide bonds. The first-order chi connectivity index (χ1) is 10.8. The summed E-state index contributed by atoms with van der Waals surface area (Å²) in [4.78, 5) is 55.4. The van der Waals surface area contributed by atoms with Crippen molar-refractivity contribution in [1.82, 2.24) is 0 Å². The van der Waals surface area contributed by atoms with Gasteiger partial charge in [0.25, 0.3) is 0 Å². The van der Waals surface area contributed by atoms with Crippen LogP contribution < -0.4 is 29.4 Å². The van der Waals surface area contributed by atoms with E-state index in [4.69, 9.17) is 5.11 Å². The maximum atomic E-state index is 9.24. The minimum atomic E-state index is -3.24. The van der Waals surface area contributed by atoms with Gasteiger partial charge in [0.2, 0.25) is 0 Å². The van der Waals surface area contributed by atoms with Crippen LogP contribution in [0.2, 0.25) is 0 Å². The van der Waals surface area contributed by atoms with Crippen molar-refractivity contribution >= 4 is 49.5 Å². The van der Waals surface area contributed by atoms with Crippen LogP contribution in [0.4, 0.5) is 0 Å². The third kappa shape index (κ3) is 77.7. The van der Waals surface area contributed by atoms with Crippen LogP contribution >= 0.6 is 49.5 Å². The Morgan fingerprint density at radius 3 is 0.680 bits per heavy atom. The maximum absolute atomic E-state index is 9.24. The Bertz CT molecular complexity index is 339. The molecule has 0 bridgehead atoms. The molecule has 0 radical (unpaired) electrons. The molecule has 16 nitrogen and oxygen atoms in total. The zero-order valence-electron chi connectivity index (χ0n) is 11.5. The molecule has 6 unspecified atom stereocenters. The molecule has 0 aromatic carbocycles. The molecule has 0 saturated carbocycles. The molecule has 0 rings (SSSR count).